The van der Waals surface area contributed by atoms with Crippen LogP contribution < -0.4 is 0 Å². The molecule has 1 heterocycles. The summed E-state index contributed by atoms with van der Waals surface area (Å²) in [6.45, 7) is 2.41. The van der Waals surface area contributed by atoms with Gasteiger partial charge in [-0.2, -0.15) is 0 Å². The molecule has 0 amide bonds. The average molecular weight is 285 g/mol. The number of halogens is 1. The fourth-order valence-corrected chi connectivity index (χ4v) is 4.31. The van der Waals surface area contributed by atoms with Gasteiger partial charge in [-0.25, -0.2) is 0 Å². The van der Waals surface area contributed by atoms with Crippen molar-refractivity contribution in [3.8, 4) is 0 Å². The van der Waals surface area contributed by atoms with Crippen LogP contribution in [0, 0.1) is 0 Å². The van der Waals surface area contributed by atoms with E-state index in [2.05, 4.69) is 15.9 Å². The Morgan fingerprint density at radius 1 is 1.21 bits per heavy atom. The molecule has 0 aromatic carbocycles. The monoisotopic (exact) mass is 284 g/mol. The van der Waals surface area contributed by atoms with E-state index < -0.39 is 8.80 Å². The normalized spacial score (nSPS) is 22.7. The zero-order valence-corrected chi connectivity index (χ0v) is 11.0. The summed E-state index contributed by atoms with van der Waals surface area (Å²) in [6, 6.07) is 0.870. The number of ether oxygens (including phenoxy) is 1. The zero-order valence-electron chi connectivity index (χ0n) is 8.46. The number of alkyl halides is 1. The van der Waals surface area contributed by atoms with Gasteiger partial charge in [-0.05, 0) is 6.42 Å². The van der Waals surface area contributed by atoms with Crippen LogP contribution >= 0.6 is 15.9 Å². The lowest BCUT2D eigenvalue weighted by molar-refractivity contribution is -0.00936. The van der Waals surface area contributed by atoms with Crippen LogP contribution in [0.15, 0.2) is 0 Å². The molecule has 0 unspecified atom stereocenters. The second-order valence-corrected chi connectivity index (χ2v) is 6.63. The average Bonchev–Trinajstić information content (AvgIpc) is 2.18. The highest BCUT2D eigenvalue weighted by molar-refractivity contribution is 9.09. The molecule has 0 saturated carbocycles. The van der Waals surface area contributed by atoms with E-state index in [4.69, 9.17) is 18.0 Å². The fraction of sp³-hybridized carbons (Fsp3) is 1.00. The van der Waals surface area contributed by atoms with Gasteiger partial charge in [-0.15, -0.1) is 0 Å². The molecule has 4 nitrogen and oxygen atoms in total. The molecule has 1 saturated heterocycles. The van der Waals surface area contributed by atoms with Gasteiger partial charge in [0.2, 0.25) is 0 Å². The summed E-state index contributed by atoms with van der Waals surface area (Å²) >= 11 is 3.40. The molecule has 0 aliphatic carbocycles. The lowest BCUT2D eigenvalue weighted by atomic mass is 10.6. The molecule has 6 heteroatoms. The maximum atomic E-state index is 5.67. The van der Waals surface area contributed by atoms with Crippen molar-refractivity contribution in [2.24, 2.45) is 0 Å². The second-order valence-electron chi connectivity index (χ2n) is 2.99. The summed E-state index contributed by atoms with van der Waals surface area (Å²) < 4.78 is 22.0. The molecule has 1 aliphatic rings. The number of rotatable bonds is 4. The topological polar surface area (TPSA) is 36.9 Å². The van der Waals surface area contributed by atoms with Crippen molar-refractivity contribution in [2.75, 3.05) is 38.9 Å². The van der Waals surface area contributed by atoms with Crippen LogP contribution in [0.1, 0.15) is 6.42 Å². The van der Waals surface area contributed by atoms with E-state index in [-0.39, 0.29) is 0 Å². The molecule has 0 N–H and O–H groups in total. The zero-order chi connectivity index (χ0) is 10.3. The third-order valence-corrected chi connectivity index (χ3v) is 5.46. The molecular formula is C8H17BrO4Si. The first-order chi connectivity index (χ1) is 6.83. The molecule has 0 radical (unpaired) electrons. The summed E-state index contributed by atoms with van der Waals surface area (Å²) in [7, 11) is -0.701. The van der Waals surface area contributed by atoms with E-state index in [1.54, 1.807) is 7.11 Å². The summed E-state index contributed by atoms with van der Waals surface area (Å²) in [5.74, 6) is 0. The van der Waals surface area contributed by atoms with Gasteiger partial charge in [0.25, 0.3) is 0 Å². The van der Waals surface area contributed by atoms with E-state index in [9.17, 15) is 0 Å². The number of hydrogen-bond donors (Lipinski definition) is 0. The summed E-state index contributed by atoms with van der Waals surface area (Å²) in [4.78, 5) is 0. The van der Waals surface area contributed by atoms with Crippen molar-refractivity contribution in [3.63, 3.8) is 0 Å². The Balaban J connectivity index is 2.44. The quantitative estimate of drug-likeness (QED) is 0.578. The van der Waals surface area contributed by atoms with Gasteiger partial charge in [0.05, 0.1) is 26.4 Å². The van der Waals surface area contributed by atoms with E-state index in [1.807, 2.05) is 0 Å². The van der Waals surface area contributed by atoms with Gasteiger partial charge in [-0.3, -0.25) is 0 Å². The molecule has 0 atom stereocenters. The smallest absolute Gasteiger partial charge is 0.377 e. The Labute approximate surface area is 94.4 Å². The van der Waals surface area contributed by atoms with E-state index in [0.29, 0.717) is 26.4 Å². The lowest BCUT2D eigenvalue weighted by Gasteiger charge is -2.29. The molecule has 1 aliphatic heterocycles. The third kappa shape index (κ3) is 3.96. The minimum Gasteiger partial charge on any atom is -0.377 e. The van der Waals surface area contributed by atoms with Gasteiger partial charge in [0, 0.05) is 18.5 Å². The minimum atomic E-state index is -2.37. The van der Waals surface area contributed by atoms with Crippen LogP contribution in [0.25, 0.3) is 0 Å². The molecule has 0 aromatic rings. The maximum absolute atomic E-state index is 5.67. The first kappa shape index (κ1) is 12.6. The number of hydrogen-bond acceptors (Lipinski definition) is 4. The fourth-order valence-electron chi connectivity index (χ4n) is 1.30. The van der Waals surface area contributed by atoms with E-state index >= 15 is 0 Å². The summed E-state index contributed by atoms with van der Waals surface area (Å²) in [5.41, 5.74) is 0. The van der Waals surface area contributed by atoms with Crippen LogP contribution in [0.3, 0.4) is 0 Å². The van der Waals surface area contributed by atoms with Gasteiger partial charge < -0.3 is 18.0 Å². The Hall–Kier alpha value is 0.537. The van der Waals surface area contributed by atoms with Crippen LogP contribution in [-0.4, -0.2) is 47.7 Å². The minimum absolute atomic E-state index is 0.572. The van der Waals surface area contributed by atoms with E-state index in [1.165, 1.54) is 0 Å². The molecule has 0 aromatic heterocycles. The molecular weight excluding hydrogens is 268 g/mol. The third-order valence-electron chi connectivity index (χ3n) is 2.03. The van der Waals surface area contributed by atoms with Crippen molar-refractivity contribution in [3.05, 3.63) is 0 Å². The van der Waals surface area contributed by atoms with Crippen LogP contribution in [0.2, 0.25) is 6.04 Å². The first-order valence-electron chi connectivity index (χ1n) is 4.80. The largest absolute Gasteiger partial charge is 0.500 e. The van der Waals surface area contributed by atoms with Crippen molar-refractivity contribution in [2.45, 2.75) is 12.5 Å². The SMILES string of the molecule is CO[Si]1(CCCBr)OCCOCCO1. The standard InChI is InChI=1S/C8H17BrO4Si/c1-10-14(8-2-3-9)12-6-4-11-5-7-13-14/h2-8H2,1H3. The van der Waals surface area contributed by atoms with Gasteiger partial charge in [0.15, 0.2) is 0 Å². The van der Waals surface area contributed by atoms with Gasteiger partial charge in [-0.1, -0.05) is 15.9 Å². The Kier molecular flexibility index (Phi) is 6.23. The van der Waals surface area contributed by atoms with Gasteiger partial charge >= 0.3 is 8.80 Å². The van der Waals surface area contributed by atoms with Crippen LogP contribution in [-0.2, 0) is 18.0 Å². The van der Waals surface area contributed by atoms with Crippen LogP contribution in [0.4, 0.5) is 0 Å². The van der Waals surface area contributed by atoms with Crippen molar-refractivity contribution < 1.29 is 18.0 Å². The highest BCUT2D eigenvalue weighted by Crippen LogP contribution is 2.18. The molecule has 1 rings (SSSR count). The Morgan fingerprint density at radius 3 is 2.36 bits per heavy atom. The molecule has 14 heavy (non-hydrogen) atoms. The molecule has 84 valence electrons. The van der Waals surface area contributed by atoms with Crippen molar-refractivity contribution in [1.82, 2.24) is 0 Å². The highest BCUT2D eigenvalue weighted by Gasteiger charge is 2.39. The first-order valence-corrected chi connectivity index (χ1v) is 7.85. The summed E-state index contributed by atoms with van der Waals surface area (Å²) in [5, 5.41) is 0.953. The Bertz CT molecular complexity index is 145. The molecule has 1 fully saturated rings. The summed E-state index contributed by atoms with van der Waals surface area (Å²) in [6.07, 6.45) is 1.01. The maximum Gasteiger partial charge on any atom is 0.500 e. The van der Waals surface area contributed by atoms with Crippen molar-refractivity contribution >= 4 is 24.7 Å². The molecule has 0 bridgehead atoms. The highest BCUT2D eigenvalue weighted by atomic mass is 79.9. The molecule has 0 spiro atoms. The lowest BCUT2D eigenvalue weighted by Crippen LogP contribution is -2.47. The predicted molar refractivity (Wildman–Crippen MR) is 58.7 cm³/mol. The van der Waals surface area contributed by atoms with E-state index in [0.717, 1.165) is 17.8 Å². The second kappa shape index (κ2) is 6.92. The Morgan fingerprint density at radius 2 is 1.86 bits per heavy atom. The van der Waals surface area contributed by atoms with Gasteiger partial charge in [0.1, 0.15) is 0 Å². The predicted octanol–water partition coefficient (Wildman–Crippen LogP) is 1.42. The van der Waals surface area contributed by atoms with Crippen molar-refractivity contribution in [1.29, 1.82) is 0 Å². The van der Waals surface area contributed by atoms with Crippen LogP contribution in [0.5, 0.6) is 0 Å².